The molecule has 1 aromatic rings. The number of carbonyl (C=O) groups excluding carboxylic acids is 1. The lowest BCUT2D eigenvalue weighted by Crippen LogP contribution is -2.33. The molecule has 0 spiro atoms. The van der Waals surface area contributed by atoms with Gasteiger partial charge in [-0.25, -0.2) is 0 Å². The van der Waals surface area contributed by atoms with E-state index in [1.807, 2.05) is 6.92 Å². The van der Waals surface area contributed by atoms with Crippen LogP contribution in [0.1, 0.15) is 30.6 Å². The zero-order valence-corrected chi connectivity index (χ0v) is 12.5. The van der Waals surface area contributed by atoms with Gasteiger partial charge in [-0.2, -0.15) is 0 Å². The molecule has 0 aliphatic carbocycles. The molecular formula is C14H21N3O4. The summed E-state index contributed by atoms with van der Waals surface area (Å²) in [5.74, 6) is -0.363. The number of benzene rings is 1. The van der Waals surface area contributed by atoms with E-state index in [2.05, 4.69) is 5.32 Å². The number of nitro groups is 1. The Bertz CT molecular complexity index is 517. The molecule has 0 aliphatic heterocycles. The van der Waals surface area contributed by atoms with Crippen molar-refractivity contribution in [1.82, 2.24) is 4.90 Å². The van der Waals surface area contributed by atoms with E-state index < -0.39 is 11.0 Å². The van der Waals surface area contributed by atoms with Gasteiger partial charge in [0.15, 0.2) is 0 Å². The van der Waals surface area contributed by atoms with Gasteiger partial charge in [0.25, 0.3) is 11.6 Å². The number of nitrogens with zero attached hydrogens (tertiary/aromatic N) is 2. The molecular weight excluding hydrogens is 274 g/mol. The normalized spacial score (nSPS) is 11.8. The van der Waals surface area contributed by atoms with Crippen LogP contribution in [0.4, 0.5) is 11.4 Å². The number of hydrogen-bond acceptors (Lipinski definition) is 5. The number of rotatable bonds is 7. The number of aliphatic hydroxyl groups is 1. The Morgan fingerprint density at radius 3 is 2.71 bits per heavy atom. The van der Waals surface area contributed by atoms with Crippen LogP contribution in [0.25, 0.3) is 0 Å². The first-order valence-electron chi connectivity index (χ1n) is 6.82. The Labute approximate surface area is 123 Å². The minimum absolute atomic E-state index is 0.133. The van der Waals surface area contributed by atoms with E-state index in [4.69, 9.17) is 0 Å². The van der Waals surface area contributed by atoms with Gasteiger partial charge in [-0.1, -0.05) is 6.92 Å². The zero-order chi connectivity index (χ0) is 16.0. The van der Waals surface area contributed by atoms with Gasteiger partial charge in [0, 0.05) is 38.0 Å². The van der Waals surface area contributed by atoms with Crippen LogP contribution in [0.3, 0.4) is 0 Å². The van der Waals surface area contributed by atoms with Gasteiger partial charge in [-0.05, 0) is 19.4 Å². The monoisotopic (exact) mass is 295 g/mol. The van der Waals surface area contributed by atoms with Gasteiger partial charge in [0.2, 0.25) is 0 Å². The fraction of sp³-hybridized carbons (Fsp3) is 0.500. The quantitative estimate of drug-likeness (QED) is 0.591. The summed E-state index contributed by atoms with van der Waals surface area (Å²) >= 11 is 0. The molecule has 0 saturated heterocycles. The van der Waals surface area contributed by atoms with Crippen molar-refractivity contribution >= 4 is 17.3 Å². The van der Waals surface area contributed by atoms with Crippen LogP contribution in [-0.2, 0) is 0 Å². The number of nitro benzene ring substituents is 1. The van der Waals surface area contributed by atoms with Gasteiger partial charge < -0.3 is 15.3 Å². The van der Waals surface area contributed by atoms with Gasteiger partial charge in [-0.15, -0.1) is 0 Å². The molecule has 116 valence electrons. The van der Waals surface area contributed by atoms with Crippen molar-refractivity contribution in [3.05, 3.63) is 33.9 Å². The summed E-state index contributed by atoms with van der Waals surface area (Å²) in [6.07, 6.45) is 0.207. The highest BCUT2D eigenvalue weighted by molar-refractivity contribution is 6.00. The van der Waals surface area contributed by atoms with Crippen molar-refractivity contribution in [2.45, 2.75) is 26.4 Å². The van der Waals surface area contributed by atoms with Crippen LogP contribution in [0, 0.1) is 10.1 Å². The Morgan fingerprint density at radius 1 is 1.52 bits per heavy atom. The number of carbonyl (C=O) groups is 1. The van der Waals surface area contributed by atoms with E-state index >= 15 is 0 Å². The molecule has 1 aromatic carbocycles. The molecule has 0 aromatic heterocycles. The summed E-state index contributed by atoms with van der Waals surface area (Å²) in [4.78, 5) is 24.1. The van der Waals surface area contributed by atoms with E-state index in [-0.39, 0.29) is 23.7 Å². The SMILES string of the molecule is CCCNc1ccc([N+](=O)[O-])cc1C(=O)N(C)CC(C)O. The van der Waals surface area contributed by atoms with Crippen molar-refractivity contribution < 1.29 is 14.8 Å². The van der Waals surface area contributed by atoms with Crippen LogP contribution >= 0.6 is 0 Å². The van der Waals surface area contributed by atoms with E-state index in [1.54, 1.807) is 14.0 Å². The van der Waals surface area contributed by atoms with Crippen LogP contribution in [0.5, 0.6) is 0 Å². The molecule has 1 amide bonds. The number of hydrogen-bond donors (Lipinski definition) is 2. The van der Waals surface area contributed by atoms with Gasteiger partial charge in [0.05, 0.1) is 16.6 Å². The van der Waals surface area contributed by atoms with Gasteiger partial charge in [-0.3, -0.25) is 14.9 Å². The first-order chi connectivity index (χ1) is 9.86. The average molecular weight is 295 g/mol. The van der Waals surface area contributed by atoms with E-state index in [0.717, 1.165) is 6.42 Å². The van der Waals surface area contributed by atoms with Crippen molar-refractivity contribution in [1.29, 1.82) is 0 Å². The van der Waals surface area contributed by atoms with Crippen molar-refractivity contribution in [2.24, 2.45) is 0 Å². The highest BCUT2D eigenvalue weighted by atomic mass is 16.6. The van der Waals surface area contributed by atoms with Crippen molar-refractivity contribution in [2.75, 3.05) is 25.5 Å². The Balaban J connectivity index is 3.12. The lowest BCUT2D eigenvalue weighted by atomic mass is 10.1. The number of nitrogens with one attached hydrogen (secondary N) is 1. The number of anilines is 1. The average Bonchev–Trinajstić information content (AvgIpc) is 2.43. The summed E-state index contributed by atoms with van der Waals surface area (Å²) in [5, 5.41) is 23.3. The second-order valence-corrected chi connectivity index (χ2v) is 4.95. The van der Waals surface area contributed by atoms with Crippen LogP contribution in [0.2, 0.25) is 0 Å². The first kappa shape index (κ1) is 16.9. The van der Waals surface area contributed by atoms with Crippen LogP contribution in [0.15, 0.2) is 18.2 Å². The standard InChI is InChI=1S/C14H21N3O4/c1-4-7-15-13-6-5-11(17(20)21)8-12(13)14(19)16(3)9-10(2)18/h5-6,8,10,15,18H,4,7,9H2,1-3H3. The fourth-order valence-corrected chi connectivity index (χ4v) is 1.92. The zero-order valence-electron chi connectivity index (χ0n) is 12.5. The van der Waals surface area contributed by atoms with E-state index in [0.29, 0.717) is 12.2 Å². The van der Waals surface area contributed by atoms with E-state index in [9.17, 15) is 20.0 Å². The molecule has 0 heterocycles. The van der Waals surface area contributed by atoms with Crippen LogP contribution in [-0.4, -0.2) is 47.1 Å². The Morgan fingerprint density at radius 2 is 2.19 bits per heavy atom. The van der Waals surface area contributed by atoms with Crippen molar-refractivity contribution in [3.63, 3.8) is 0 Å². The van der Waals surface area contributed by atoms with Gasteiger partial charge in [0.1, 0.15) is 0 Å². The molecule has 1 atom stereocenters. The van der Waals surface area contributed by atoms with Gasteiger partial charge >= 0.3 is 0 Å². The fourth-order valence-electron chi connectivity index (χ4n) is 1.92. The first-order valence-corrected chi connectivity index (χ1v) is 6.82. The lowest BCUT2D eigenvalue weighted by molar-refractivity contribution is -0.384. The molecule has 7 nitrogen and oxygen atoms in total. The predicted molar refractivity (Wildman–Crippen MR) is 80.5 cm³/mol. The molecule has 0 aliphatic rings. The minimum Gasteiger partial charge on any atom is -0.392 e. The molecule has 2 N–H and O–H groups in total. The molecule has 1 unspecified atom stereocenters. The molecule has 0 fully saturated rings. The third kappa shape index (κ3) is 4.71. The number of amides is 1. The maximum Gasteiger partial charge on any atom is 0.270 e. The smallest absolute Gasteiger partial charge is 0.270 e. The van der Waals surface area contributed by atoms with Crippen molar-refractivity contribution in [3.8, 4) is 0 Å². The summed E-state index contributed by atoms with van der Waals surface area (Å²) in [6.45, 7) is 4.39. The largest absolute Gasteiger partial charge is 0.392 e. The minimum atomic E-state index is -0.662. The highest BCUT2D eigenvalue weighted by Crippen LogP contribution is 2.23. The second-order valence-electron chi connectivity index (χ2n) is 4.95. The van der Waals surface area contributed by atoms with Crippen LogP contribution < -0.4 is 5.32 Å². The maximum absolute atomic E-state index is 12.4. The summed E-state index contributed by atoms with van der Waals surface area (Å²) < 4.78 is 0. The third-order valence-corrected chi connectivity index (χ3v) is 2.89. The molecule has 0 bridgehead atoms. The summed E-state index contributed by atoms with van der Waals surface area (Å²) in [6, 6.07) is 4.17. The Kier molecular flexibility index (Phi) is 6.10. The lowest BCUT2D eigenvalue weighted by Gasteiger charge is -2.20. The second kappa shape index (κ2) is 7.58. The molecule has 7 heteroatoms. The third-order valence-electron chi connectivity index (χ3n) is 2.89. The van der Waals surface area contributed by atoms with E-state index in [1.165, 1.54) is 23.1 Å². The topological polar surface area (TPSA) is 95.7 Å². The number of non-ortho nitro benzene ring substituents is 1. The molecule has 0 saturated carbocycles. The number of likely N-dealkylation sites (N-methyl/N-ethyl adjacent to an activating group) is 1. The predicted octanol–water partition coefficient (Wildman–Crippen LogP) is 1.87. The number of aliphatic hydroxyl groups excluding tert-OH is 1. The molecule has 0 radical (unpaired) electrons. The molecule has 21 heavy (non-hydrogen) atoms. The molecule has 1 rings (SSSR count). The summed E-state index contributed by atoms with van der Waals surface area (Å²) in [7, 11) is 1.55. The Hall–Kier alpha value is -2.15. The highest BCUT2D eigenvalue weighted by Gasteiger charge is 2.20. The maximum atomic E-state index is 12.4. The summed E-state index contributed by atoms with van der Waals surface area (Å²) in [5.41, 5.74) is 0.663.